The van der Waals surface area contributed by atoms with E-state index in [1.54, 1.807) is 12.1 Å². The predicted molar refractivity (Wildman–Crippen MR) is 130 cm³/mol. The van der Waals surface area contributed by atoms with Gasteiger partial charge in [-0.3, -0.25) is 4.79 Å². The first-order chi connectivity index (χ1) is 15.5. The standard InChI is InChI=1S/C23H30Cl2N6O/c24-18-4-3-17(19(25)13-18)15-27-20-14-21(28-29-22(20)23(26)32)31-11-6-16(7-12-31)5-10-30-8-1-2-9-30/h3-4,13-14,16H,1-2,5-12,15H2,(H2,26,32)(H,27,28). The van der Waals surface area contributed by atoms with Crippen molar-refractivity contribution < 1.29 is 4.79 Å². The van der Waals surface area contributed by atoms with Crippen LogP contribution in [0.3, 0.4) is 0 Å². The molecule has 32 heavy (non-hydrogen) atoms. The molecular weight excluding hydrogens is 447 g/mol. The maximum absolute atomic E-state index is 11.9. The second kappa shape index (κ2) is 10.7. The number of hydrogen-bond donors (Lipinski definition) is 2. The molecule has 7 nitrogen and oxygen atoms in total. The van der Waals surface area contributed by atoms with Crippen LogP contribution in [-0.4, -0.2) is 53.7 Å². The summed E-state index contributed by atoms with van der Waals surface area (Å²) in [5.74, 6) is 0.904. The average molecular weight is 477 g/mol. The van der Waals surface area contributed by atoms with Crippen LogP contribution in [0.2, 0.25) is 10.0 Å². The quantitative estimate of drug-likeness (QED) is 0.593. The number of halogens is 2. The highest BCUT2D eigenvalue weighted by atomic mass is 35.5. The van der Waals surface area contributed by atoms with Gasteiger partial charge in [-0.1, -0.05) is 29.3 Å². The molecule has 2 saturated heterocycles. The molecule has 172 valence electrons. The third-order valence-electron chi connectivity index (χ3n) is 6.49. The molecule has 0 atom stereocenters. The van der Waals surface area contributed by atoms with E-state index in [9.17, 15) is 4.79 Å². The number of benzene rings is 1. The zero-order valence-electron chi connectivity index (χ0n) is 18.2. The third-order valence-corrected chi connectivity index (χ3v) is 7.08. The molecule has 0 radical (unpaired) electrons. The van der Waals surface area contributed by atoms with Gasteiger partial charge in [0.05, 0.1) is 5.69 Å². The fourth-order valence-electron chi connectivity index (χ4n) is 4.53. The van der Waals surface area contributed by atoms with Gasteiger partial charge in [0.1, 0.15) is 0 Å². The van der Waals surface area contributed by atoms with Crippen molar-refractivity contribution in [3.63, 3.8) is 0 Å². The number of nitrogens with one attached hydrogen (secondary N) is 1. The summed E-state index contributed by atoms with van der Waals surface area (Å²) < 4.78 is 0. The molecule has 0 spiro atoms. The summed E-state index contributed by atoms with van der Waals surface area (Å²) in [5.41, 5.74) is 7.07. The lowest BCUT2D eigenvalue weighted by Crippen LogP contribution is -2.36. The normalized spacial score (nSPS) is 17.6. The first kappa shape index (κ1) is 23.1. The molecule has 3 heterocycles. The number of aromatic nitrogens is 2. The maximum atomic E-state index is 11.9. The summed E-state index contributed by atoms with van der Waals surface area (Å²) in [5, 5.41) is 12.8. The topological polar surface area (TPSA) is 87.4 Å². The lowest BCUT2D eigenvalue weighted by molar-refractivity contribution is 0.0995. The second-order valence-electron chi connectivity index (χ2n) is 8.69. The highest BCUT2D eigenvalue weighted by Gasteiger charge is 2.23. The summed E-state index contributed by atoms with van der Waals surface area (Å²) in [6.07, 6.45) is 6.26. The first-order valence-electron chi connectivity index (χ1n) is 11.3. The summed E-state index contributed by atoms with van der Waals surface area (Å²) in [6.45, 7) is 6.05. The minimum Gasteiger partial charge on any atom is -0.379 e. The van der Waals surface area contributed by atoms with Crippen LogP contribution in [0.4, 0.5) is 11.5 Å². The molecule has 0 aliphatic carbocycles. The number of amides is 1. The van der Waals surface area contributed by atoms with Crippen molar-refractivity contribution >= 4 is 40.6 Å². The number of hydrogen-bond acceptors (Lipinski definition) is 6. The van der Waals surface area contributed by atoms with Gasteiger partial charge < -0.3 is 20.9 Å². The Hall–Kier alpha value is -2.09. The Morgan fingerprint density at radius 3 is 2.53 bits per heavy atom. The fourth-order valence-corrected chi connectivity index (χ4v) is 5.01. The molecule has 1 aromatic heterocycles. The van der Waals surface area contributed by atoms with Crippen LogP contribution in [0.15, 0.2) is 24.3 Å². The van der Waals surface area contributed by atoms with E-state index >= 15 is 0 Å². The van der Waals surface area contributed by atoms with E-state index in [0.717, 1.165) is 43.2 Å². The molecule has 1 amide bonds. The number of rotatable bonds is 8. The Balaban J connectivity index is 1.38. The molecule has 0 unspecified atom stereocenters. The molecule has 2 fully saturated rings. The Morgan fingerprint density at radius 2 is 1.84 bits per heavy atom. The summed E-state index contributed by atoms with van der Waals surface area (Å²) in [7, 11) is 0. The SMILES string of the molecule is NC(=O)c1nnc(N2CCC(CCN3CCCC3)CC2)cc1NCc1ccc(Cl)cc1Cl. The highest BCUT2D eigenvalue weighted by molar-refractivity contribution is 6.35. The number of carbonyl (C=O) groups is 1. The number of piperidine rings is 1. The van der Waals surface area contributed by atoms with Gasteiger partial charge in [0, 0.05) is 35.7 Å². The van der Waals surface area contributed by atoms with E-state index in [2.05, 4.69) is 25.3 Å². The van der Waals surface area contributed by atoms with Gasteiger partial charge in [0.25, 0.3) is 5.91 Å². The summed E-state index contributed by atoms with van der Waals surface area (Å²) in [6, 6.07) is 7.19. The van der Waals surface area contributed by atoms with Gasteiger partial charge in [0.15, 0.2) is 11.5 Å². The van der Waals surface area contributed by atoms with Crippen LogP contribution in [0.1, 0.15) is 48.2 Å². The second-order valence-corrected chi connectivity index (χ2v) is 9.53. The van der Waals surface area contributed by atoms with Crippen LogP contribution < -0.4 is 16.0 Å². The number of carbonyl (C=O) groups excluding carboxylic acids is 1. The van der Waals surface area contributed by atoms with Crippen LogP contribution in [0.25, 0.3) is 0 Å². The number of nitrogens with zero attached hydrogens (tertiary/aromatic N) is 4. The van der Waals surface area contributed by atoms with Crippen LogP contribution in [0.5, 0.6) is 0 Å². The van der Waals surface area contributed by atoms with Crippen molar-refractivity contribution in [2.75, 3.05) is 42.9 Å². The van der Waals surface area contributed by atoms with Gasteiger partial charge in [-0.25, -0.2) is 0 Å². The van der Waals surface area contributed by atoms with Gasteiger partial charge in [-0.05, 0) is 75.4 Å². The van der Waals surface area contributed by atoms with Gasteiger partial charge in [-0.15, -0.1) is 10.2 Å². The Bertz CT molecular complexity index is 942. The fraction of sp³-hybridized carbons (Fsp3) is 0.522. The lowest BCUT2D eigenvalue weighted by Gasteiger charge is -2.33. The van der Waals surface area contributed by atoms with Crippen LogP contribution >= 0.6 is 23.2 Å². The Labute approximate surface area is 199 Å². The van der Waals surface area contributed by atoms with Crippen molar-refractivity contribution in [1.29, 1.82) is 0 Å². The molecule has 2 aliphatic heterocycles. The predicted octanol–water partition coefficient (Wildman–Crippen LogP) is 4.20. The molecule has 4 rings (SSSR count). The molecule has 2 aromatic rings. The number of nitrogens with two attached hydrogens (primary N) is 1. The average Bonchev–Trinajstić information content (AvgIpc) is 3.31. The van der Waals surface area contributed by atoms with E-state index in [4.69, 9.17) is 28.9 Å². The number of anilines is 2. The molecule has 9 heteroatoms. The maximum Gasteiger partial charge on any atom is 0.271 e. The van der Waals surface area contributed by atoms with E-state index in [0.29, 0.717) is 22.3 Å². The van der Waals surface area contributed by atoms with Crippen LogP contribution in [0, 0.1) is 5.92 Å². The van der Waals surface area contributed by atoms with Gasteiger partial charge >= 0.3 is 0 Å². The lowest BCUT2D eigenvalue weighted by atomic mass is 9.93. The first-order valence-corrected chi connectivity index (χ1v) is 12.1. The van der Waals surface area contributed by atoms with Crippen molar-refractivity contribution in [2.45, 2.75) is 38.6 Å². The van der Waals surface area contributed by atoms with E-state index in [1.807, 2.05) is 12.1 Å². The van der Waals surface area contributed by atoms with Gasteiger partial charge in [0.2, 0.25) is 0 Å². The molecule has 3 N–H and O–H groups in total. The van der Waals surface area contributed by atoms with Crippen molar-refractivity contribution in [3.8, 4) is 0 Å². The molecule has 0 saturated carbocycles. The van der Waals surface area contributed by atoms with E-state index in [-0.39, 0.29) is 5.69 Å². The highest BCUT2D eigenvalue weighted by Crippen LogP contribution is 2.28. The zero-order chi connectivity index (χ0) is 22.5. The van der Waals surface area contributed by atoms with Gasteiger partial charge in [-0.2, -0.15) is 0 Å². The van der Waals surface area contributed by atoms with Crippen molar-refractivity contribution in [1.82, 2.24) is 15.1 Å². The number of primary amides is 1. The Morgan fingerprint density at radius 1 is 1.09 bits per heavy atom. The van der Waals surface area contributed by atoms with Crippen LogP contribution in [-0.2, 0) is 6.54 Å². The molecule has 1 aromatic carbocycles. The van der Waals surface area contributed by atoms with Crippen molar-refractivity contribution in [3.05, 3.63) is 45.6 Å². The molecule has 0 bridgehead atoms. The van der Waals surface area contributed by atoms with Crippen molar-refractivity contribution in [2.24, 2.45) is 11.7 Å². The third kappa shape index (κ3) is 5.82. The zero-order valence-corrected chi connectivity index (χ0v) is 19.7. The Kier molecular flexibility index (Phi) is 7.71. The number of likely N-dealkylation sites (tertiary alicyclic amines) is 1. The van der Waals surface area contributed by atoms with E-state index in [1.165, 1.54) is 38.9 Å². The molecule has 2 aliphatic rings. The summed E-state index contributed by atoms with van der Waals surface area (Å²) in [4.78, 5) is 16.7. The summed E-state index contributed by atoms with van der Waals surface area (Å²) >= 11 is 12.3. The monoisotopic (exact) mass is 476 g/mol. The minimum absolute atomic E-state index is 0.124. The van der Waals surface area contributed by atoms with E-state index < -0.39 is 5.91 Å². The minimum atomic E-state index is -0.616. The largest absolute Gasteiger partial charge is 0.379 e. The molecular formula is C23H30Cl2N6O. The smallest absolute Gasteiger partial charge is 0.271 e.